The Morgan fingerprint density at radius 1 is 1.32 bits per heavy atom. The van der Waals surface area contributed by atoms with Crippen LogP contribution in [0.4, 0.5) is 0 Å². The molecule has 7 nitrogen and oxygen atoms in total. The van der Waals surface area contributed by atoms with Gasteiger partial charge in [-0.3, -0.25) is 9.59 Å². The van der Waals surface area contributed by atoms with Gasteiger partial charge >= 0.3 is 33.3 Å². The second-order valence-corrected chi connectivity index (χ2v) is 8.24. The molecule has 0 unspecified atom stereocenters. The van der Waals surface area contributed by atoms with Crippen LogP contribution in [0, 0.1) is 0 Å². The van der Waals surface area contributed by atoms with Crippen LogP contribution in [0.5, 0.6) is 0 Å². The maximum absolute atomic E-state index is 12.3. The number of fused-ring (bicyclic) bond motifs is 1. The van der Waals surface area contributed by atoms with Crippen molar-refractivity contribution >= 4 is 56.8 Å². The first-order valence-corrected chi connectivity index (χ1v) is 8.45. The first kappa shape index (κ1) is 20.2. The first-order valence-electron chi connectivity index (χ1n) is 7.58. The molecule has 2 radical (unpaired) electrons. The Kier molecular flexibility index (Phi) is 5.84. The van der Waals surface area contributed by atoms with Gasteiger partial charge in [-0.25, -0.2) is 4.79 Å². The minimum atomic E-state index is -1.03. The minimum absolute atomic E-state index is 0. The van der Waals surface area contributed by atoms with Crippen LogP contribution in [-0.4, -0.2) is 77.3 Å². The summed E-state index contributed by atoms with van der Waals surface area (Å²) in [5.74, 6) is -1.86. The quantitative estimate of drug-likeness (QED) is 0.336. The Bertz CT molecular complexity index is 700. The monoisotopic (exact) mass is 559 g/mol. The molecule has 2 aliphatic rings. The molecule has 25 heavy (non-hydrogen) atoms. The van der Waals surface area contributed by atoms with E-state index in [2.05, 4.69) is 5.32 Å². The number of carboxylic acids is 1. The van der Waals surface area contributed by atoms with E-state index in [-0.39, 0.29) is 38.6 Å². The van der Waals surface area contributed by atoms with Crippen molar-refractivity contribution in [1.82, 2.24) is 10.2 Å². The third-order valence-corrected chi connectivity index (χ3v) is 5.99. The van der Waals surface area contributed by atoms with Crippen molar-refractivity contribution in [3.63, 3.8) is 0 Å². The van der Waals surface area contributed by atoms with Crippen LogP contribution in [0.1, 0.15) is 25.5 Å². The average molecular weight is 559 g/mol. The number of nitrogens with one attached hydrogen (secondary N) is 1. The van der Waals surface area contributed by atoms with Gasteiger partial charge in [0.2, 0.25) is 11.8 Å². The summed E-state index contributed by atoms with van der Waals surface area (Å²) in [4.78, 5) is 37.5. The van der Waals surface area contributed by atoms with Crippen molar-refractivity contribution < 1.29 is 19.5 Å². The van der Waals surface area contributed by atoms with Crippen LogP contribution < -0.4 is 11.1 Å². The number of nitrogens with zero attached hydrogens (tertiary/aromatic N) is 1. The van der Waals surface area contributed by atoms with Gasteiger partial charge in [0.15, 0.2) is 0 Å². The summed E-state index contributed by atoms with van der Waals surface area (Å²) in [6.45, 7) is 3.58. The van der Waals surface area contributed by atoms with E-state index in [0.29, 0.717) is 5.56 Å². The molecule has 0 aliphatic carbocycles. The maximum atomic E-state index is 12.3. The van der Waals surface area contributed by atoms with Gasteiger partial charge in [-0.05, 0) is 19.4 Å². The number of nitrogens with two attached hydrogens (primary N) is 1. The number of hydrogen-bond acceptors (Lipinski definition) is 5. The molecule has 1 aromatic carbocycles. The fourth-order valence-corrected chi connectivity index (χ4v) is 4.83. The summed E-state index contributed by atoms with van der Waals surface area (Å²) in [7, 11) is 0. The van der Waals surface area contributed by atoms with Gasteiger partial charge in [0, 0.05) is 4.75 Å². The zero-order valence-electron chi connectivity index (χ0n) is 14.0. The van der Waals surface area contributed by atoms with Gasteiger partial charge < -0.3 is 21.1 Å². The zero-order valence-corrected chi connectivity index (χ0v) is 20.3. The third kappa shape index (κ3) is 3.43. The molecule has 0 saturated carbocycles. The number of carbonyl (C=O) groups excluding carboxylic acids is 2. The van der Waals surface area contributed by atoms with Crippen molar-refractivity contribution in [2.45, 2.75) is 42.1 Å². The van der Waals surface area contributed by atoms with Crippen LogP contribution >= 0.6 is 11.8 Å². The molecule has 0 aromatic heterocycles. The number of thioether (sulfide) groups is 1. The van der Waals surface area contributed by atoms with E-state index in [0.717, 1.165) is 0 Å². The molecule has 1 aromatic rings. The van der Waals surface area contributed by atoms with E-state index in [1.165, 1.54) is 16.7 Å². The van der Waals surface area contributed by atoms with E-state index < -0.39 is 34.7 Å². The fraction of sp³-hybridized carbons (Fsp3) is 0.438. The Hall–Kier alpha value is -1.14. The molecular formula is C16H21N3O4PbS. The number of amides is 2. The Labute approximate surface area is 169 Å². The predicted molar refractivity (Wildman–Crippen MR) is 97.6 cm³/mol. The molecule has 4 atom stereocenters. The summed E-state index contributed by atoms with van der Waals surface area (Å²) in [6, 6.07) is 6.38. The van der Waals surface area contributed by atoms with Crippen molar-refractivity contribution in [2.75, 3.05) is 0 Å². The topological polar surface area (TPSA) is 113 Å². The molecule has 0 spiro atoms. The summed E-state index contributed by atoms with van der Waals surface area (Å²) in [5, 5.41) is 11.7. The Balaban J connectivity index is 0.00000225. The SMILES string of the molecule is CC1(C)S[C@@H]2[C@H](NC(=O)[C@H](N)c3ccccc3)C(=O)N2[C@H]1C(=O)O.[PbH2]. The molecule has 2 amide bonds. The second kappa shape index (κ2) is 7.24. The molecule has 9 heteroatoms. The summed E-state index contributed by atoms with van der Waals surface area (Å²) < 4.78 is -0.618. The Morgan fingerprint density at radius 3 is 2.48 bits per heavy atom. The van der Waals surface area contributed by atoms with E-state index in [1.54, 1.807) is 38.1 Å². The van der Waals surface area contributed by atoms with Crippen LogP contribution in [0.2, 0.25) is 0 Å². The number of hydrogen-bond donors (Lipinski definition) is 3. The standard InChI is InChI=1S/C16H19N3O4S.Pb.2H/c1-16(2)11(15(22)23)19-13(21)10(14(19)24-16)18-12(20)9(17)8-6-4-3-5-7-8;;;/h3-7,9-11,14H,17H2,1-2H3,(H,18,20)(H,22,23);;;/t9-,10-,11+,14-;;;/m1.../s1. The molecule has 3 rings (SSSR count). The Morgan fingerprint density at radius 2 is 1.92 bits per heavy atom. The molecule has 4 N–H and O–H groups in total. The molecule has 0 bridgehead atoms. The van der Waals surface area contributed by atoms with Gasteiger partial charge in [0.05, 0.1) is 0 Å². The number of aliphatic carboxylic acids is 1. The average Bonchev–Trinajstić information content (AvgIpc) is 2.80. The number of benzene rings is 1. The van der Waals surface area contributed by atoms with Crippen molar-refractivity contribution in [1.29, 1.82) is 0 Å². The second-order valence-electron chi connectivity index (χ2n) is 6.47. The van der Waals surface area contributed by atoms with Gasteiger partial charge in [-0.1, -0.05) is 30.3 Å². The van der Waals surface area contributed by atoms with Gasteiger partial charge in [-0.15, -0.1) is 11.8 Å². The van der Waals surface area contributed by atoms with Crippen molar-refractivity contribution in [3.05, 3.63) is 35.9 Å². The first-order chi connectivity index (χ1) is 11.2. The molecule has 2 saturated heterocycles. The van der Waals surface area contributed by atoms with Crippen LogP contribution in [-0.2, 0) is 14.4 Å². The molecule has 2 aliphatic heterocycles. The normalized spacial score (nSPS) is 27.6. The van der Waals surface area contributed by atoms with Crippen LogP contribution in [0.3, 0.4) is 0 Å². The van der Waals surface area contributed by atoms with Crippen molar-refractivity contribution in [3.8, 4) is 0 Å². The van der Waals surface area contributed by atoms with Crippen LogP contribution in [0.15, 0.2) is 30.3 Å². The number of carboxylic acid groups (broad SMARTS) is 1. The van der Waals surface area contributed by atoms with E-state index in [9.17, 15) is 19.5 Å². The fourth-order valence-electron chi connectivity index (χ4n) is 3.20. The molecule has 134 valence electrons. The third-order valence-electron chi connectivity index (χ3n) is 4.41. The molecule has 2 heterocycles. The van der Waals surface area contributed by atoms with E-state index in [4.69, 9.17) is 5.73 Å². The molecular weight excluding hydrogens is 537 g/mol. The van der Waals surface area contributed by atoms with E-state index in [1.807, 2.05) is 6.07 Å². The summed E-state index contributed by atoms with van der Waals surface area (Å²) in [5.41, 5.74) is 6.59. The number of β-lactam (4-membered cyclic amide) rings is 1. The van der Waals surface area contributed by atoms with E-state index >= 15 is 0 Å². The zero-order chi connectivity index (χ0) is 17.6. The van der Waals surface area contributed by atoms with Crippen LogP contribution in [0.25, 0.3) is 0 Å². The predicted octanol–water partition coefficient (Wildman–Crippen LogP) is -0.598. The molecule has 2 fully saturated rings. The van der Waals surface area contributed by atoms with Gasteiger partial charge in [0.1, 0.15) is 23.5 Å². The van der Waals surface area contributed by atoms with Crippen molar-refractivity contribution in [2.24, 2.45) is 5.73 Å². The van der Waals surface area contributed by atoms with Gasteiger partial charge in [0.25, 0.3) is 0 Å². The van der Waals surface area contributed by atoms with Gasteiger partial charge in [-0.2, -0.15) is 0 Å². The number of rotatable bonds is 4. The summed E-state index contributed by atoms with van der Waals surface area (Å²) >= 11 is 1.38. The number of carbonyl (C=O) groups is 3. The summed E-state index contributed by atoms with van der Waals surface area (Å²) in [6.07, 6.45) is 0.